The van der Waals surface area contributed by atoms with Gasteiger partial charge in [0.15, 0.2) is 5.41 Å². The highest BCUT2D eigenvalue weighted by molar-refractivity contribution is 7.10. The average Bonchev–Trinajstić information content (AvgIpc) is 3.14. The van der Waals surface area contributed by atoms with Crippen LogP contribution >= 0.6 is 11.3 Å². The van der Waals surface area contributed by atoms with Crippen molar-refractivity contribution in [3.05, 3.63) is 45.8 Å². The molecule has 120 valence electrons. The van der Waals surface area contributed by atoms with E-state index >= 15 is 0 Å². The van der Waals surface area contributed by atoms with E-state index in [0.717, 1.165) is 17.0 Å². The smallest absolute Gasteiger partial charge is 0.171 e. The topological polar surface area (TPSA) is 101 Å². The van der Waals surface area contributed by atoms with Crippen molar-refractivity contribution >= 4 is 11.3 Å². The van der Waals surface area contributed by atoms with Crippen LogP contribution in [0.3, 0.4) is 0 Å². The summed E-state index contributed by atoms with van der Waals surface area (Å²) in [6.45, 7) is 3.56. The van der Waals surface area contributed by atoms with Crippen LogP contribution in [0.2, 0.25) is 0 Å². The van der Waals surface area contributed by atoms with E-state index in [4.69, 9.17) is 5.73 Å². The minimum atomic E-state index is -1.44. The lowest BCUT2D eigenvalue weighted by atomic mass is 9.57. The second-order valence-electron chi connectivity index (χ2n) is 6.05. The molecule has 0 saturated heterocycles. The molecule has 1 aliphatic heterocycles. The van der Waals surface area contributed by atoms with Gasteiger partial charge in [-0.1, -0.05) is 6.07 Å². The molecule has 0 saturated carbocycles. The SMILES string of the molecule is CCN1C=CC2=C(C#N)[C@H](N)C(C#N)(C#N)[C@@H](c3cccs3)[C@@H]2C1. The number of nitrogens with two attached hydrogens (primary N) is 1. The van der Waals surface area contributed by atoms with Crippen LogP contribution in [-0.2, 0) is 0 Å². The van der Waals surface area contributed by atoms with Crippen molar-refractivity contribution in [2.45, 2.75) is 18.9 Å². The number of fused-ring (bicyclic) bond motifs is 1. The zero-order chi connectivity index (χ0) is 17.3. The lowest BCUT2D eigenvalue weighted by Gasteiger charge is -2.46. The molecule has 1 aromatic rings. The van der Waals surface area contributed by atoms with Crippen LogP contribution in [-0.4, -0.2) is 24.0 Å². The fourth-order valence-corrected chi connectivity index (χ4v) is 4.74. The summed E-state index contributed by atoms with van der Waals surface area (Å²) in [6, 6.07) is 9.48. The van der Waals surface area contributed by atoms with E-state index in [1.807, 2.05) is 29.8 Å². The molecule has 0 bridgehead atoms. The molecule has 0 radical (unpaired) electrons. The summed E-state index contributed by atoms with van der Waals surface area (Å²) in [5.74, 6) is -0.434. The van der Waals surface area contributed by atoms with Crippen molar-refractivity contribution in [2.75, 3.05) is 13.1 Å². The van der Waals surface area contributed by atoms with E-state index in [9.17, 15) is 15.8 Å². The Labute approximate surface area is 145 Å². The van der Waals surface area contributed by atoms with Gasteiger partial charge in [0.25, 0.3) is 0 Å². The van der Waals surface area contributed by atoms with Crippen molar-refractivity contribution in [1.82, 2.24) is 4.90 Å². The van der Waals surface area contributed by atoms with Crippen LogP contribution in [0.25, 0.3) is 0 Å². The number of hydrogen-bond donors (Lipinski definition) is 1. The monoisotopic (exact) mass is 335 g/mol. The molecule has 24 heavy (non-hydrogen) atoms. The summed E-state index contributed by atoms with van der Waals surface area (Å²) in [7, 11) is 0. The largest absolute Gasteiger partial charge is 0.377 e. The Morgan fingerprint density at radius 3 is 2.67 bits per heavy atom. The van der Waals surface area contributed by atoms with Gasteiger partial charge >= 0.3 is 0 Å². The lowest BCUT2D eigenvalue weighted by Crippen LogP contribution is -2.53. The Morgan fingerprint density at radius 1 is 1.38 bits per heavy atom. The number of thiophene rings is 1. The van der Waals surface area contributed by atoms with Gasteiger partial charge in [0.2, 0.25) is 0 Å². The molecule has 0 amide bonds. The molecule has 0 fully saturated rings. The predicted octanol–water partition coefficient (Wildman–Crippen LogP) is 2.49. The van der Waals surface area contributed by atoms with Crippen LogP contribution in [0.5, 0.6) is 0 Å². The fraction of sp³-hybridized carbons (Fsp3) is 0.389. The van der Waals surface area contributed by atoms with Crippen LogP contribution in [0.1, 0.15) is 17.7 Å². The van der Waals surface area contributed by atoms with Crippen LogP contribution in [0.4, 0.5) is 0 Å². The first-order valence-electron chi connectivity index (χ1n) is 7.80. The highest BCUT2D eigenvalue weighted by Gasteiger charge is 2.56. The molecular weight excluding hydrogens is 318 g/mol. The Morgan fingerprint density at radius 2 is 2.12 bits per heavy atom. The fourth-order valence-electron chi connectivity index (χ4n) is 3.78. The third kappa shape index (κ3) is 2.14. The quantitative estimate of drug-likeness (QED) is 0.895. The van der Waals surface area contributed by atoms with Crippen LogP contribution < -0.4 is 5.73 Å². The first-order chi connectivity index (χ1) is 11.6. The highest BCUT2D eigenvalue weighted by Crippen LogP contribution is 2.53. The number of rotatable bonds is 2. The molecule has 1 aromatic heterocycles. The first-order valence-corrected chi connectivity index (χ1v) is 8.68. The zero-order valence-electron chi connectivity index (χ0n) is 13.3. The summed E-state index contributed by atoms with van der Waals surface area (Å²) in [5.41, 5.74) is 6.09. The maximum absolute atomic E-state index is 9.90. The molecule has 1 aliphatic carbocycles. The van der Waals surface area contributed by atoms with Crippen molar-refractivity contribution < 1.29 is 0 Å². The molecule has 2 heterocycles. The minimum Gasteiger partial charge on any atom is -0.377 e. The van der Waals surface area contributed by atoms with Crippen LogP contribution in [0.15, 0.2) is 40.9 Å². The molecule has 2 N–H and O–H groups in total. The van der Waals surface area contributed by atoms with Gasteiger partial charge in [-0.15, -0.1) is 11.3 Å². The molecule has 3 rings (SSSR count). The summed E-state index contributed by atoms with van der Waals surface area (Å²) >= 11 is 1.53. The summed E-state index contributed by atoms with van der Waals surface area (Å²) in [5, 5.41) is 31.3. The molecule has 0 spiro atoms. The Kier molecular flexibility index (Phi) is 4.16. The third-order valence-corrected chi connectivity index (χ3v) is 6.00. The number of nitriles is 3. The normalized spacial score (nSPS) is 27.8. The highest BCUT2D eigenvalue weighted by atomic mass is 32.1. The molecule has 3 atom stereocenters. The number of allylic oxidation sites excluding steroid dienone is 1. The van der Waals surface area contributed by atoms with Crippen molar-refractivity contribution in [2.24, 2.45) is 17.1 Å². The Balaban J connectivity index is 2.28. The van der Waals surface area contributed by atoms with Gasteiger partial charge in [0, 0.05) is 29.8 Å². The van der Waals surface area contributed by atoms with Gasteiger partial charge in [0.1, 0.15) is 0 Å². The van der Waals surface area contributed by atoms with Crippen LogP contribution in [0, 0.1) is 45.3 Å². The maximum atomic E-state index is 9.90. The zero-order valence-corrected chi connectivity index (χ0v) is 14.1. The van der Waals surface area contributed by atoms with Gasteiger partial charge in [-0.3, -0.25) is 0 Å². The van der Waals surface area contributed by atoms with E-state index in [2.05, 4.69) is 30.0 Å². The Bertz CT molecular complexity index is 801. The summed E-state index contributed by atoms with van der Waals surface area (Å²) < 4.78 is 0. The van der Waals surface area contributed by atoms with Crippen molar-refractivity contribution in [3.8, 4) is 18.2 Å². The first kappa shape index (κ1) is 16.3. The van der Waals surface area contributed by atoms with Crippen molar-refractivity contribution in [1.29, 1.82) is 15.8 Å². The number of hydrogen-bond acceptors (Lipinski definition) is 6. The van der Waals surface area contributed by atoms with Gasteiger partial charge in [-0.05, 0) is 36.2 Å². The molecular formula is C18H17N5S. The molecule has 0 unspecified atom stereocenters. The second kappa shape index (κ2) is 6.13. The van der Waals surface area contributed by atoms with E-state index in [1.54, 1.807) is 0 Å². The van der Waals surface area contributed by atoms with E-state index in [1.165, 1.54) is 11.3 Å². The molecule has 6 heteroatoms. The van der Waals surface area contributed by atoms with E-state index < -0.39 is 11.5 Å². The standard InChI is InChI=1S/C18H17N5S/c1-2-23-6-5-12-13(8-19)17(22)18(10-20,11-21)16(14(12)9-23)15-4-3-7-24-15/h3-7,14,16-17H,2,9,22H2,1H3/t14-,16-,17+/m1/s1. The van der Waals surface area contributed by atoms with E-state index in [-0.39, 0.29) is 11.8 Å². The molecule has 2 aliphatic rings. The lowest BCUT2D eigenvalue weighted by molar-refractivity contribution is 0.221. The van der Waals surface area contributed by atoms with Gasteiger partial charge in [-0.2, -0.15) is 15.8 Å². The van der Waals surface area contributed by atoms with Crippen molar-refractivity contribution in [3.63, 3.8) is 0 Å². The Hall–Kier alpha value is -2.59. The van der Waals surface area contributed by atoms with Gasteiger partial charge in [0.05, 0.1) is 29.8 Å². The third-order valence-electron chi connectivity index (χ3n) is 5.05. The molecule has 5 nitrogen and oxygen atoms in total. The summed E-state index contributed by atoms with van der Waals surface area (Å²) in [4.78, 5) is 3.11. The second-order valence-corrected chi connectivity index (χ2v) is 7.03. The van der Waals surface area contributed by atoms with Gasteiger partial charge in [-0.25, -0.2) is 0 Å². The minimum absolute atomic E-state index is 0.0950. The molecule has 0 aromatic carbocycles. The van der Waals surface area contributed by atoms with Gasteiger partial charge < -0.3 is 10.6 Å². The average molecular weight is 335 g/mol. The van der Waals surface area contributed by atoms with E-state index in [0.29, 0.717) is 12.1 Å². The summed E-state index contributed by atoms with van der Waals surface area (Å²) in [6.07, 6.45) is 3.89. The predicted molar refractivity (Wildman–Crippen MR) is 91.2 cm³/mol. The number of nitrogens with zero attached hydrogens (tertiary/aromatic N) is 4. The maximum Gasteiger partial charge on any atom is 0.171 e.